The first kappa shape index (κ1) is 23.4. The number of H-pyrrole nitrogens is 1. The number of hydrogen-bond acceptors (Lipinski definition) is 6. The molecule has 2 aromatic carbocycles. The van der Waals surface area contributed by atoms with E-state index in [9.17, 15) is 9.59 Å². The summed E-state index contributed by atoms with van der Waals surface area (Å²) in [5, 5.41) is 3.93. The first-order valence-electron chi connectivity index (χ1n) is 11.7. The Labute approximate surface area is 209 Å². The van der Waals surface area contributed by atoms with Gasteiger partial charge in [-0.25, -0.2) is 4.98 Å². The summed E-state index contributed by atoms with van der Waals surface area (Å²) in [7, 11) is 1.61. The van der Waals surface area contributed by atoms with E-state index in [4.69, 9.17) is 9.72 Å². The number of aryl methyl sites for hydroxylation is 1. The number of Topliss-reactive ketones (excluding diaryl/α,β-unsaturated/α-hetero) is 1. The Kier molecular flexibility index (Phi) is 6.05. The van der Waals surface area contributed by atoms with Crippen molar-refractivity contribution >= 4 is 23.4 Å². The fourth-order valence-electron chi connectivity index (χ4n) is 5.01. The van der Waals surface area contributed by atoms with Crippen LogP contribution in [-0.4, -0.2) is 22.9 Å². The van der Waals surface area contributed by atoms with Gasteiger partial charge in [0.2, 0.25) is 0 Å². The maximum absolute atomic E-state index is 13.5. The van der Waals surface area contributed by atoms with E-state index in [1.165, 1.54) is 17.3 Å². The van der Waals surface area contributed by atoms with Crippen LogP contribution < -0.4 is 15.6 Å². The largest absolute Gasteiger partial charge is 0.496 e. The van der Waals surface area contributed by atoms with E-state index >= 15 is 0 Å². The van der Waals surface area contributed by atoms with Gasteiger partial charge in [0.05, 0.1) is 18.6 Å². The average molecular weight is 488 g/mol. The second-order valence-corrected chi connectivity index (χ2v) is 11.0. The number of thioether (sulfide) groups is 1. The minimum atomic E-state index is -0.534. The van der Waals surface area contributed by atoms with Crippen molar-refractivity contribution in [2.75, 3.05) is 12.4 Å². The third-order valence-corrected chi connectivity index (χ3v) is 7.59. The number of nitrogens with one attached hydrogen (secondary N) is 2. The summed E-state index contributed by atoms with van der Waals surface area (Å²) in [4.78, 5) is 34.7. The Morgan fingerprint density at radius 2 is 1.83 bits per heavy atom. The Bertz CT molecular complexity index is 1390. The summed E-state index contributed by atoms with van der Waals surface area (Å²) in [5.41, 5.74) is 4.71. The van der Waals surface area contributed by atoms with Gasteiger partial charge in [0.1, 0.15) is 11.6 Å². The third-order valence-electron chi connectivity index (χ3n) is 6.65. The van der Waals surface area contributed by atoms with Crippen LogP contribution in [0.15, 0.2) is 69.8 Å². The molecule has 0 amide bonds. The van der Waals surface area contributed by atoms with Crippen LogP contribution in [0.1, 0.15) is 54.9 Å². The molecule has 1 aliphatic heterocycles. The number of fused-ring (bicyclic) bond motifs is 1. The van der Waals surface area contributed by atoms with Crippen LogP contribution in [0.25, 0.3) is 0 Å². The Balaban J connectivity index is 1.60. The Morgan fingerprint density at radius 3 is 2.57 bits per heavy atom. The fraction of sp³-hybridized carbons (Fsp3) is 0.321. The number of anilines is 1. The molecule has 0 spiro atoms. The predicted molar refractivity (Wildman–Crippen MR) is 139 cm³/mol. The normalized spacial score (nSPS) is 18.5. The predicted octanol–water partition coefficient (Wildman–Crippen LogP) is 5.58. The van der Waals surface area contributed by atoms with Crippen LogP contribution in [0.4, 0.5) is 5.82 Å². The molecule has 2 heterocycles. The number of para-hydroxylation sites is 1. The number of ketones is 1. The number of aromatic nitrogens is 2. The molecule has 3 aromatic rings. The first-order chi connectivity index (χ1) is 16.8. The van der Waals surface area contributed by atoms with Crippen LogP contribution in [0.3, 0.4) is 0 Å². The van der Waals surface area contributed by atoms with Crippen molar-refractivity contribution in [2.24, 2.45) is 5.41 Å². The molecule has 1 aromatic heterocycles. The van der Waals surface area contributed by atoms with Crippen molar-refractivity contribution in [2.45, 2.75) is 50.4 Å². The molecule has 2 N–H and O–H groups in total. The molecule has 0 saturated heterocycles. The van der Waals surface area contributed by atoms with E-state index in [0.29, 0.717) is 46.5 Å². The molecule has 1 atom stereocenters. The lowest BCUT2D eigenvalue weighted by Gasteiger charge is -2.38. The number of methoxy groups -OCH3 is 1. The van der Waals surface area contributed by atoms with Gasteiger partial charge in [0.25, 0.3) is 5.56 Å². The van der Waals surface area contributed by atoms with Gasteiger partial charge in [-0.15, -0.1) is 0 Å². The highest BCUT2D eigenvalue weighted by molar-refractivity contribution is 7.98. The first-order valence-corrected chi connectivity index (χ1v) is 12.7. The molecule has 6 nitrogen and oxygen atoms in total. The zero-order valence-corrected chi connectivity index (χ0v) is 21.2. The van der Waals surface area contributed by atoms with E-state index in [1.807, 2.05) is 24.3 Å². The lowest BCUT2D eigenvalue weighted by atomic mass is 9.69. The average Bonchev–Trinajstić information content (AvgIpc) is 2.81. The van der Waals surface area contributed by atoms with Crippen molar-refractivity contribution in [3.63, 3.8) is 0 Å². The summed E-state index contributed by atoms with van der Waals surface area (Å²) in [5.74, 6) is 1.38. The summed E-state index contributed by atoms with van der Waals surface area (Å²) < 4.78 is 5.64. The van der Waals surface area contributed by atoms with Crippen LogP contribution in [0.2, 0.25) is 0 Å². The lowest BCUT2D eigenvalue weighted by Crippen LogP contribution is -2.37. The molecule has 2 aliphatic rings. The van der Waals surface area contributed by atoms with Crippen LogP contribution in [0.5, 0.6) is 5.75 Å². The van der Waals surface area contributed by atoms with Crippen molar-refractivity contribution in [3.8, 4) is 5.75 Å². The van der Waals surface area contributed by atoms with Gasteiger partial charge in [0.15, 0.2) is 10.9 Å². The molecule has 35 heavy (non-hydrogen) atoms. The maximum Gasteiger partial charge on any atom is 0.257 e. The minimum Gasteiger partial charge on any atom is -0.496 e. The number of nitrogens with zero attached hydrogens (tertiary/aromatic N) is 1. The summed E-state index contributed by atoms with van der Waals surface area (Å²) in [6.07, 6.45) is 1.14. The topological polar surface area (TPSA) is 84.1 Å². The molecule has 5 rings (SSSR count). The zero-order chi connectivity index (χ0) is 24.7. The van der Waals surface area contributed by atoms with Gasteiger partial charge < -0.3 is 15.0 Å². The third kappa shape index (κ3) is 4.52. The second-order valence-electron chi connectivity index (χ2n) is 10.0. The number of benzene rings is 2. The van der Waals surface area contributed by atoms with E-state index in [2.05, 4.69) is 55.3 Å². The lowest BCUT2D eigenvalue weighted by molar-refractivity contribution is -0.118. The minimum absolute atomic E-state index is 0.0579. The molecule has 180 valence electrons. The molecular weight excluding hydrogens is 458 g/mol. The molecule has 0 radical (unpaired) electrons. The highest BCUT2D eigenvalue weighted by atomic mass is 32.2. The monoisotopic (exact) mass is 487 g/mol. The molecule has 1 aliphatic carbocycles. The Morgan fingerprint density at radius 1 is 1.09 bits per heavy atom. The second kappa shape index (κ2) is 9.04. The van der Waals surface area contributed by atoms with Crippen molar-refractivity contribution < 1.29 is 9.53 Å². The van der Waals surface area contributed by atoms with Crippen LogP contribution in [0, 0.1) is 12.3 Å². The van der Waals surface area contributed by atoms with Gasteiger partial charge in [-0.05, 0) is 30.4 Å². The fourth-order valence-corrected chi connectivity index (χ4v) is 5.83. The molecule has 0 fully saturated rings. The van der Waals surface area contributed by atoms with Crippen molar-refractivity contribution in [3.05, 3.63) is 92.4 Å². The number of carbonyl (C=O) groups is 1. The quantitative estimate of drug-likeness (QED) is 0.361. The Hall–Kier alpha value is -3.32. The highest BCUT2D eigenvalue weighted by Gasteiger charge is 2.43. The SMILES string of the molecule is COc1ccccc1[C@@H]1C2=C(CC(C)(C)CC2=O)Nc2nc(SCc3ccc(C)cc3)[nH]c(=O)c21. The number of ether oxygens (including phenoxy) is 1. The van der Waals surface area contributed by atoms with Gasteiger partial charge in [0, 0.05) is 29.0 Å². The van der Waals surface area contributed by atoms with E-state index in [-0.39, 0.29) is 16.8 Å². The van der Waals surface area contributed by atoms with Crippen molar-refractivity contribution in [1.29, 1.82) is 0 Å². The maximum atomic E-state index is 13.5. The zero-order valence-electron chi connectivity index (χ0n) is 20.4. The molecule has 0 unspecified atom stereocenters. The van der Waals surface area contributed by atoms with Gasteiger partial charge in [-0.3, -0.25) is 9.59 Å². The molecular formula is C28H29N3O3S. The smallest absolute Gasteiger partial charge is 0.257 e. The number of aromatic amines is 1. The molecule has 7 heteroatoms. The number of hydrogen-bond donors (Lipinski definition) is 2. The summed E-state index contributed by atoms with van der Waals surface area (Å²) in [6, 6.07) is 15.9. The van der Waals surface area contributed by atoms with Crippen LogP contribution >= 0.6 is 11.8 Å². The van der Waals surface area contributed by atoms with Crippen molar-refractivity contribution in [1.82, 2.24) is 9.97 Å². The number of allylic oxidation sites excluding steroid dienone is 2. The number of carbonyl (C=O) groups excluding carboxylic acids is 1. The molecule has 0 bridgehead atoms. The number of rotatable bonds is 5. The standard InChI is InChI=1S/C28H29N3O3S/c1-16-9-11-17(12-10-16)15-35-27-30-25-24(26(33)31-27)22(18-7-5-6-8-21(18)34-4)23-19(29-25)13-28(2,3)14-20(23)32/h5-12,22H,13-15H2,1-4H3,(H2,29,30,31,33)/t22-/m1/s1. The molecule has 0 saturated carbocycles. The van der Waals surface area contributed by atoms with E-state index in [0.717, 1.165) is 16.8 Å². The van der Waals surface area contributed by atoms with Gasteiger partial charge in [-0.2, -0.15) is 0 Å². The highest BCUT2D eigenvalue weighted by Crippen LogP contribution is 2.49. The summed E-state index contributed by atoms with van der Waals surface area (Å²) in [6.45, 7) is 6.25. The van der Waals surface area contributed by atoms with Gasteiger partial charge >= 0.3 is 0 Å². The van der Waals surface area contributed by atoms with Crippen LogP contribution in [-0.2, 0) is 10.5 Å². The summed E-state index contributed by atoms with van der Waals surface area (Å²) >= 11 is 1.49. The van der Waals surface area contributed by atoms with Gasteiger partial charge in [-0.1, -0.05) is 73.6 Å². The van der Waals surface area contributed by atoms with E-state index in [1.54, 1.807) is 7.11 Å². The van der Waals surface area contributed by atoms with E-state index < -0.39 is 5.92 Å².